The van der Waals surface area contributed by atoms with Crippen LogP contribution in [0.3, 0.4) is 0 Å². The van der Waals surface area contributed by atoms with E-state index in [9.17, 15) is 4.39 Å². The van der Waals surface area contributed by atoms with Gasteiger partial charge in [-0.15, -0.1) is 0 Å². The normalized spacial score (nSPS) is 23.0. The van der Waals surface area contributed by atoms with Gasteiger partial charge in [0, 0.05) is 49.9 Å². The molecule has 0 bridgehead atoms. The molecule has 3 aliphatic rings. The third-order valence-corrected chi connectivity index (χ3v) is 8.01. The molecule has 36 heavy (non-hydrogen) atoms. The van der Waals surface area contributed by atoms with Gasteiger partial charge in [-0.05, 0) is 61.8 Å². The van der Waals surface area contributed by atoms with Gasteiger partial charge in [-0.2, -0.15) is 0 Å². The van der Waals surface area contributed by atoms with E-state index in [4.69, 9.17) is 4.74 Å². The first kappa shape index (κ1) is 25.3. The summed E-state index contributed by atoms with van der Waals surface area (Å²) < 4.78 is 52.1. The third-order valence-electron chi connectivity index (χ3n) is 8.01. The van der Waals surface area contributed by atoms with Crippen molar-refractivity contribution in [1.82, 2.24) is 9.80 Å². The number of rotatable bonds is 8. The summed E-state index contributed by atoms with van der Waals surface area (Å²) in [5, 5.41) is 0. The molecule has 0 aromatic heterocycles. The van der Waals surface area contributed by atoms with Gasteiger partial charge in [-0.3, -0.25) is 9.80 Å². The molecular weight excluding hydrogens is 461 g/mol. The van der Waals surface area contributed by atoms with Crippen LogP contribution in [-0.2, 0) is 6.42 Å². The van der Waals surface area contributed by atoms with Gasteiger partial charge >= 0.3 is 0 Å². The van der Waals surface area contributed by atoms with Crippen molar-refractivity contribution in [3.63, 3.8) is 0 Å². The second kappa shape index (κ2) is 9.86. The molecule has 1 fully saturated rings. The molecule has 2 aromatic rings. The Bertz CT molecular complexity index is 1130. The van der Waals surface area contributed by atoms with E-state index in [1.165, 1.54) is 32.4 Å². The monoisotopic (exact) mass is 498 g/mol. The molecule has 2 aliphatic heterocycles. The summed E-state index contributed by atoms with van der Waals surface area (Å²) in [5.74, 6) is -0.325. The van der Waals surface area contributed by atoms with Crippen molar-refractivity contribution in [2.45, 2.75) is 64.7 Å². The molecule has 0 unspecified atom stereocenters. The highest BCUT2D eigenvalue weighted by Crippen LogP contribution is 2.50. The SMILES string of the molecule is CCC1CN(CCOc2cc(F)c([C@@H]3C4=C(C[C@@H](C)N3CC(C)(C)F)c3ccccc3C4)c(F)c2)C1. The van der Waals surface area contributed by atoms with Gasteiger partial charge in [-0.25, -0.2) is 13.2 Å². The van der Waals surface area contributed by atoms with E-state index in [0.717, 1.165) is 54.2 Å². The minimum Gasteiger partial charge on any atom is -0.492 e. The number of likely N-dealkylation sites (tertiary alicyclic amines) is 1. The van der Waals surface area contributed by atoms with Crippen molar-refractivity contribution in [2.24, 2.45) is 5.92 Å². The molecule has 0 N–H and O–H groups in total. The average molecular weight is 499 g/mol. The van der Waals surface area contributed by atoms with Crippen molar-refractivity contribution < 1.29 is 17.9 Å². The Morgan fingerprint density at radius 3 is 2.44 bits per heavy atom. The zero-order chi connectivity index (χ0) is 25.6. The molecule has 2 aromatic carbocycles. The second-order valence-electron chi connectivity index (χ2n) is 11.4. The van der Waals surface area contributed by atoms with Crippen molar-refractivity contribution >= 4 is 5.57 Å². The van der Waals surface area contributed by atoms with E-state index < -0.39 is 23.3 Å². The lowest BCUT2D eigenvalue weighted by Crippen LogP contribution is -2.47. The van der Waals surface area contributed by atoms with Gasteiger partial charge in [0.2, 0.25) is 0 Å². The van der Waals surface area contributed by atoms with Crippen LogP contribution in [0.25, 0.3) is 5.57 Å². The molecule has 6 heteroatoms. The number of hydrogen-bond donors (Lipinski definition) is 0. The van der Waals surface area contributed by atoms with Crippen LogP contribution < -0.4 is 4.74 Å². The van der Waals surface area contributed by atoms with Crippen molar-refractivity contribution in [3.05, 3.63) is 70.3 Å². The molecule has 1 aliphatic carbocycles. The van der Waals surface area contributed by atoms with Crippen LogP contribution >= 0.6 is 0 Å². The first-order chi connectivity index (χ1) is 17.1. The topological polar surface area (TPSA) is 15.7 Å². The molecule has 0 radical (unpaired) electrons. The molecule has 194 valence electrons. The zero-order valence-electron chi connectivity index (χ0n) is 21.8. The molecule has 1 saturated heterocycles. The van der Waals surface area contributed by atoms with Crippen LogP contribution in [0.1, 0.15) is 63.3 Å². The standard InChI is InChI=1S/C30H37F3N2O/c1-5-20-16-34(17-20)10-11-36-22-14-26(31)28(27(32)15-22)29-25-13-21-8-6-7-9-23(21)24(25)12-19(2)35(29)18-30(3,4)33/h6-9,14-15,19-20,29H,5,10-13,16-18H2,1-4H3/t19-,29+/m1/s1. The van der Waals surface area contributed by atoms with E-state index in [0.29, 0.717) is 13.0 Å². The Balaban J connectivity index is 1.44. The summed E-state index contributed by atoms with van der Waals surface area (Å²) in [4.78, 5) is 4.24. The summed E-state index contributed by atoms with van der Waals surface area (Å²) in [7, 11) is 0. The van der Waals surface area contributed by atoms with Crippen LogP contribution in [0, 0.1) is 17.6 Å². The molecule has 0 saturated carbocycles. The molecule has 0 spiro atoms. The maximum atomic E-state index is 15.7. The van der Waals surface area contributed by atoms with E-state index in [1.807, 2.05) is 24.0 Å². The van der Waals surface area contributed by atoms with Gasteiger partial charge in [0.15, 0.2) is 0 Å². The quantitative estimate of drug-likeness (QED) is 0.409. The maximum absolute atomic E-state index is 15.7. The molecular formula is C30H37F3N2O. The minimum absolute atomic E-state index is 0.00742. The third kappa shape index (κ3) is 4.95. The lowest BCUT2D eigenvalue weighted by atomic mass is 9.84. The number of nitrogens with zero attached hydrogens (tertiary/aromatic N) is 2. The Kier molecular flexibility index (Phi) is 6.94. The van der Waals surface area contributed by atoms with Gasteiger partial charge in [0.25, 0.3) is 0 Å². The Labute approximate surface area is 212 Å². The molecule has 5 rings (SSSR count). The molecule has 3 nitrogen and oxygen atoms in total. The largest absolute Gasteiger partial charge is 0.492 e. The minimum atomic E-state index is -1.50. The summed E-state index contributed by atoms with van der Waals surface area (Å²) in [6.45, 7) is 10.6. The van der Waals surface area contributed by atoms with Gasteiger partial charge in [-0.1, -0.05) is 37.6 Å². The second-order valence-corrected chi connectivity index (χ2v) is 11.4. The van der Waals surface area contributed by atoms with E-state index in [2.05, 4.69) is 24.0 Å². The van der Waals surface area contributed by atoms with Gasteiger partial charge in [0.05, 0.1) is 6.04 Å². The number of alkyl halides is 1. The van der Waals surface area contributed by atoms with Crippen molar-refractivity contribution in [3.8, 4) is 5.75 Å². The number of fused-ring (bicyclic) bond motifs is 2. The Hall–Kier alpha value is -2.31. The van der Waals surface area contributed by atoms with Crippen LogP contribution in [0.2, 0.25) is 0 Å². The highest BCUT2D eigenvalue weighted by molar-refractivity contribution is 5.79. The number of hydrogen-bond acceptors (Lipinski definition) is 3. The first-order valence-electron chi connectivity index (χ1n) is 13.2. The van der Waals surface area contributed by atoms with Gasteiger partial charge in [0.1, 0.15) is 29.7 Å². The smallest absolute Gasteiger partial charge is 0.134 e. The van der Waals surface area contributed by atoms with Crippen LogP contribution in [-0.4, -0.2) is 54.3 Å². The van der Waals surface area contributed by atoms with Crippen LogP contribution in [0.5, 0.6) is 5.75 Å². The maximum Gasteiger partial charge on any atom is 0.134 e. The zero-order valence-corrected chi connectivity index (χ0v) is 21.8. The van der Waals surface area contributed by atoms with Crippen molar-refractivity contribution in [2.75, 3.05) is 32.8 Å². The molecule has 2 atom stereocenters. The number of halogens is 3. The fraction of sp³-hybridized carbons (Fsp3) is 0.533. The van der Waals surface area contributed by atoms with Gasteiger partial charge < -0.3 is 4.74 Å². The van der Waals surface area contributed by atoms with E-state index in [1.54, 1.807) is 0 Å². The van der Waals surface area contributed by atoms with E-state index >= 15 is 8.78 Å². The fourth-order valence-electron chi connectivity index (χ4n) is 6.16. The Morgan fingerprint density at radius 1 is 1.08 bits per heavy atom. The lowest BCUT2D eigenvalue weighted by molar-refractivity contribution is 0.0675. The Morgan fingerprint density at radius 2 is 1.78 bits per heavy atom. The summed E-state index contributed by atoms with van der Waals surface area (Å²) in [6, 6.07) is 10.0. The predicted molar refractivity (Wildman–Crippen MR) is 138 cm³/mol. The number of ether oxygens (including phenoxy) is 1. The average Bonchev–Trinajstić information content (AvgIpc) is 3.14. The lowest BCUT2D eigenvalue weighted by Gasteiger charge is -2.44. The predicted octanol–water partition coefficient (Wildman–Crippen LogP) is 6.58. The summed E-state index contributed by atoms with van der Waals surface area (Å²) in [5.41, 5.74) is 2.94. The number of benzene rings is 2. The fourth-order valence-corrected chi connectivity index (χ4v) is 6.16. The molecule has 0 amide bonds. The summed E-state index contributed by atoms with van der Waals surface area (Å²) in [6.07, 6.45) is 2.53. The van der Waals surface area contributed by atoms with E-state index in [-0.39, 0.29) is 23.9 Å². The highest BCUT2D eigenvalue weighted by Gasteiger charge is 2.43. The first-order valence-corrected chi connectivity index (χ1v) is 13.2. The van der Waals surface area contributed by atoms with Crippen molar-refractivity contribution in [1.29, 1.82) is 0 Å². The van der Waals surface area contributed by atoms with Crippen LogP contribution in [0.15, 0.2) is 42.0 Å². The van der Waals surface area contributed by atoms with Crippen LogP contribution in [0.4, 0.5) is 13.2 Å². The summed E-state index contributed by atoms with van der Waals surface area (Å²) >= 11 is 0. The molecule has 2 heterocycles. The highest BCUT2D eigenvalue weighted by atomic mass is 19.1.